The summed E-state index contributed by atoms with van der Waals surface area (Å²) in [7, 11) is 0. The summed E-state index contributed by atoms with van der Waals surface area (Å²) in [4.78, 5) is 22.1. The van der Waals surface area contributed by atoms with Crippen LogP contribution in [0.4, 0.5) is 5.69 Å². The Morgan fingerprint density at radius 2 is 2.13 bits per heavy atom. The van der Waals surface area contributed by atoms with E-state index in [0.29, 0.717) is 13.0 Å². The maximum atomic E-state index is 12.1. The number of nitro benzene ring substituents is 1. The minimum Gasteiger partial charge on any atom is -0.502 e. The van der Waals surface area contributed by atoms with Gasteiger partial charge in [0.25, 0.3) is 5.91 Å². The number of rotatable bonds is 4. The molecule has 2 aromatic rings. The first-order valence-corrected chi connectivity index (χ1v) is 7.05. The topological polar surface area (TPSA) is 102 Å². The maximum Gasteiger partial charge on any atom is 0.311 e. The highest BCUT2D eigenvalue weighted by Crippen LogP contribution is 2.28. The largest absolute Gasteiger partial charge is 0.502 e. The van der Waals surface area contributed by atoms with E-state index in [1.54, 1.807) is 0 Å². The highest BCUT2D eigenvalue weighted by molar-refractivity contribution is 5.95. The lowest BCUT2D eigenvalue weighted by molar-refractivity contribution is -0.385. The third kappa shape index (κ3) is 3.08. The number of nitro groups is 1. The second kappa shape index (κ2) is 5.96. The fraction of sp³-hybridized carbons (Fsp3) is 0.188. The van der Waals surface area contributed by atoms with Crippen molar-refractivity contribution < 1.29 is 19.6 Å². The number of hydrogen-bond acceptors (Lipinski definition) is 5. The minimum absolute atomic E-state index is 0.116. The van der Waals surface area contributed by atoms with E-state index in [4.69, 9.17) is 4.74 Å². The first-order chi connectivity index (χ1) is 11.0. The molecule has 1 atom stereocenters. The monoisotopic (exact) mass is 314 g/mol. The molecule has 0 bridgehead atoms. The van der Waals surface area contributed by atoms with Gasteiger partial charge in [-0.1, -0.05) is 18.2 Å². The summed E-state index contributed by atoms with van der Waals surface area (Å²) >= 11 is 0. The number of nitrogens with one attached hydrogen (secondary N) is 1. The number of carbonyl (C=O) groups excluding carboxylic acids is 1. The fourth-order valence-corrected chi connectivity index (χ4v) is 2.49. The number of benzene rings is 2. The summed E-state index contributed by atoms with van der Waals surface area (Å²) in [6.07, 6.45) is 0.537. The van der Waals surface area contributed by atoms with Crippen molar-refractivity contribution in [3.8, 4) is 11.5 Å². The number of carbonyl (C=O) groups is 1. The van der Waals surface area contributed by atoms with Crippen molar-refractivity contribution in [2.45, 2.75) is 12.5 Å². The summed E-state index contributed by atoms with van der Waals surface area (Å²) in [6, 6.07) is 11.2. The summed E-state index contributed by atoms with van der Waals surface area (Å²) in [5.74, 6) is -0.110. The molecule has 1 amide bonds. The van der Waals surface area contributed by atoms with Crippen LogP contribution in [0.1, 0.15) is 15.9 Å². The van der Waals surface area contributed by atoms with E-state index in [9.17, 15) is 20.0 Å². The average Bonchev–Trinajstić information content (AvgIpc) is 2.95. The molecule has 1 aliphatic rings. The maximum absolute atomic E-state index is 12.1. The second-order valence-electron chi connectivity index (χ2n) is 5.22. The lowest BCUT2D eigenvalue weighted by Gasteiger charge is -2.12. The van der Waals surface area contributed by atoms with Crippen molar-refractivity contribution in [3.05, 3.63) is 63.7 Å². The van der Waals surface area contributed by atoms with E-state index in [1.807, 2.05) is 24.3 Å². The van der Waals surface area contributed by atoms with Crippen molar-refractivity contribution in [3.63, 3.8) is 0 Å². The van der Waals surface area contributed by atoms with Gasteiger partial charge in [-0.2, -0.15) is 0 Å². The SMILES string of the molecule is O=C(NC[C@H]1Cc2ccccc2O1)c1ccc(O)c([N+](=O)[O-])c1. The van der Waals surface area contributed by atoms with Crippen LogP contribution < -0.4 is 10.1 Å². The molecule has 1 heterocycles. The molecule has 7 heteroatoms. The van der Waals surface area contributed by atoms with E-state index in [0.717, 1.165) is 23.4 Å². The van der Waals surface area contributed by atoms with Crippen LogP contribution in [0.25, 0.3) is 0 Å². The molecule has 0 fully saturated rings. The molecule has 0 saturated heterocycles. The molecule has 0 saturated carbocycles. The van der Waals surface area contributed by atoms with Crippen LogP contribution in [0.15, 0.2) is 42.5 Å². The van der Waals surface area contributed by atoms with Gasteiger partial charge in [0, 0.05) is 18.1 Å². The van der Waals surface area contributed by atoms with Crippen molar-refractivity contribution in [1.82, 2.24) is 5.32 Å². The van der Waals surface area contributed by atoms with Gasteiger partial charge in [-0.05, 0) is 23.8 Å². The van der Waals surface area contributed by atoms with Crippen molar-refractivity contribution in [2.24, 2.45) is 0 Å². The number of phenolic OH excluding ortho intramolecular Hbond substituents is 1. The average molecular weight is 314 g/mol. The second-order valence-corrected chi connectivity index (χ2v) is 5.22. The van der Waals surface area contributed by atoms with E-state index in [1.165, 1.54) is 6.07 Å². The van der Waals surface area contributed by atoms with Crippen LogP contribution in [-0.2, 0) is 6.42 Å². The number of amides is 1. The number of aromatic hydroxyl groups is 1. The predicted octanol–water partition coefficient (Wildman–Crippen LogP) is 2.03. The fourth-order valence-electron chi connectivity index (χ4n) is 2.49. The number of ether oxygens (including phenoxy) is 1. The Balaban J connectivity index is 1.63. The summed E-state index contributed by atoms with van der Waals surface area (Å²) in [6.45, 7) is 0.294. The molecule has 0 unspecified atom stereocenters. The van der Waals surface area contributed by atoms with Gasteiger partial charge in [-0.3, -0.25) is 14.9 Å². The molecule has 7 nitrogen and oxygen atoms in total. The van der Waals surface area contributed by atoms with Crippen LogP contribution in [0.2, 0.25) is 0 Å². The smallest absolute Gasteiger partial charge is 0.311 e. The van der Waals surface area contributed by atoms with E-state index >= 15 is 0 Å². The van der Waals surface area contributed by atoms with Crippen LogP contribution in [0, 0.1) is 10.1 Å². The van der Waals surface area contributed by atoms with Crippen LogP contribution in [0.5, 0.6) is 11.5 Å². The van der Waals surface area contributed by atoms with Gasteiger partial charge < -0.3 is 15.2 Å². The lowest BCUT2D eigenvalue weighted by atomic mass is 10.1. The molecule has 3 rings (SSSR count). The Morgan fingerprint density at radius 1 is 1.35 bits per heavy atom. The molecular weight excluding hydrogens is 300 g/mol. The van der Waals surface area contributed by atoms with Gasteiger partial charge in [0.05, 0.1) is 11.5 Å². The van der Waals surface area contributed by atoms with Gasteiger partial charge >= 0.3 is 5.69 Å². The van der Waals surface area contributed by atoms with E-state index in [2.05, 4.69) is 5.32 Å². The first kappa shape index (κ1) is 14.8. The van der Waals surface area contributed by atoms with Gasteiger partial charge in [0.2, 0.25) is 0 Å². The molecule has 0 aromatic heterocycles. The third-order valence-corrected chi connectivity index (χ3v) is 3.64. The molecule has 0 spiro atoms. The minimum atomic E-state index is -0.733. The number of nitrogens with zero attached hydrogens (tertiary/aromatic N) is 1. The number of fused-ring (bicyclic) bond motifs is 1. The molecule has 118 valence electrons. The van der Waals surface area contributed by atoms with Gasteiger partial charge in [0.1, 0.15) is 11.9 Å². The lowest BCUT2D eigenvalue weighted by Crippen LogP contribution is -2.34. The number of phenols is 1. The molecule has 1 aliphatic heterocycles. The van der Waals surface area contributed by atoms with Crippen LogP contribution in [-0.4, -0.2) is 28.6 Å². The Kier molecular flexibility index (Phi) is 3.84. The predicted molar refractivity (Wildman–Crippen MR) is 81.7 cm³/mol. The Morgan fingerprint density at radius 3 is 2.87 bits per heavy atom. The highest BCUT2D eigenvalue weighted by atomic mass is 16.6. The van der Waals surface area contributed by atoms with Crippen LogP contribution >= 0.6 is 0 Å². The molecule has 2 aromatic carbocycles. The van der Waals surface area contributed by atoms with Crippen molar-refractivity contribution in [1.29, 1.82) is 0 Å². The summed E-state index contributed by atoms with van der Waals surface area (Å²) < 4.78 is 5.71. The summed E-state index contributed by atoms with van der Waals surface area (Å²) in [5.41, 5.74) is 0.708. The van der Waals surface area contributed by atoms with Crippen molar-refractivity contribution in [2.75, 3.05) is 6.54 Å². The van der Waals surface area contributed by atoms with E-state index in [-0.39, 0.29) is 11.7 Å². The highest BCUT2D eigenvalue weighted by Gasteiger charge is 2.23. The molecule has 0 radical (unpaired) electrons. The zero-order chi connectivity index (χ0) is 16.4. The molecule has 0 aliphatic carbocycles. The van der Waals surface area contributed by atoms with Gasteiger partial charge in [-0.15, -0.1) is 0 Å². The Bertz CT molecular complexity index is 750. The third-order valence-electron chi connectivity index (χ3n) is 3.64. The van der Waals surface area contributed by atoms with Crippen LogP contribution in [0.3, 0.4) is 0 Å². The normalized spacial score (nSPS) is 15.6. The molecular formula is C16H14N2O5. The zero-order valence-electron chi connectivity index (χ0n) is 12.1. The standard InChI is InChI=1S/C16H14N2O5/c19-14-6-5-11(8-13(14)18(21)22)16(20)17-9-12-7-10-3-1-2-4-15(10)23-12/h1-6,8,12,19H,7,9H2,(H,17,20)/t12-/m1/s1. The molecule has 2 N–H and O–H groups in total. The summed E-state index contributed by atoms with van der Waals surface area (Å²) in [5, 5.41) is 22.9. The van der Waals surface area contributed by atoms with Gasteiger partial charge in [0.15, 0.2) is 5.75 Å². The van der Waals surface area contributed by atoms with E-state index < -0.39 is 22.3 Å². The number of hydrogen-bond donors (Lipinski definition) is 2. The molecule has 23 heavy (non-hydrogen) atoms. The quantitative estimate of drug-likeness (QED) is 0.664. The first-order valence-electron chi connectivity index (χ1n) is 7.05. The zero-order valence-corrected chi connectivity index (χ0v) is 12.1. The Labute approximate surface area is 131 Å². The van der Waals surface area contributed by atoms with Gasteiger partial charge in [-0.25, -0.2) is 0 Å². The number of para-hydroxylation sites is 1. The Hall–Kier alpha value is -3.09. The van der Waals surface area contributed by atoms with Crippen molar-refractivity contribution >= 4 is 11.6 Å².